The van der Waals surface area contributed by atoms with Gasteiger partial charge in [0.2, 0.25) is 0 Å². The Balaban J connectivity index is -0.000000159. The van der Waals surface area contributed by atoms with Gasteiger partial charge >= 0.3 is 139 Å². The van der Waals surface area contributed by atoms with Crippen LogP contribution in [0, 0.1) is 0 Å². The minimum absolute atomic E-state index is 0. The molecule has 0 saturated heterocycles. The van der Waals surface area contributed by atoms with E-state index in [0.717, 1.165) is 12.8 Å². The molecule has 0 atom stereocenters. The molecule has 3 nitrogen and oxygen atoms in total. The second-order valence-electron chi connectivity index (χ2n) is 12.7. The van der Waals surface area contributed by atoms with E-state index < -0.39 is 0 Å². The average molecular weight is 857 g/mol. The van der Waals surface area contributed by atoms with Crippen LogP contribution in [-0.4, -0.2) is 71.2 Å². The Morgan fingerprint density at radius 3 is 0.622 bits per heavy atom. The van der Waals surface area contributed by atoms with Gasteiger partial charge in [0.05, 0.1) is 0 Å². The number of unbranched alkanes of at least 4 members (excludes halogenated alkanes) is 22. The van der Waals surface area contributed by atoms with E-state index in [9.17, 15) is 0 Å². The minimum atomic E-state index is 0. The molecular weight excluding hydrogens is 766 g/mol. The third-order valence-electron chi connectivity index (χ3n) is 7.85. The average Bonchev–Trinajstić information content (AvgIpc) is 3.04. The van der Waals surface area contributed by atoms with Crippen LogP contribution in [0.1, 0.15) is 221 Å². The molecule has 0 unspecified atom stereocenters. The van der Waals surface area contributed by atoms with Crippen LogP contribution in [0.15, 0.2) is 0 Å². The third kappa shape index (κ3) is 76.7. The maximum atomic E-state index is 8.57. The Labute approximate surface area is 308 Å². The molecular formula is C40H90O3Sn2. The van der Waals surface area contributed by atoms with E-state index in [1.165, 1.54) is 167 Å². The van der Waals surface area contributed by atoms with Gasteiger partial charge in [-0.15, -0.1) is 0 Å². The van der Waals surface area contributed by atoms with Gasteiger partial charge in [0.25, 0.3) is 0 Å². The minimum Gasteiger partial charge on any atom is -0.412 e. The van der Waals surface area contributed by atoms with Gasteiger partial charge in [-0.25, -0.2) is 0 Å². The Hall–Kier alpha value is 1.48. The second-order valence-corrected chi connectivity index (χ2v) is 21.3. The van der Waals surface area contributed by atoms with Gasteiger partial charge in [0.15, 0.2) is 0 Å². The molecule has 0 aromatic carbocycles. The zero-order chi connectivity index (χ0) is 33.5. The fourth-order valence-electron chi connectivity index (χ4n) is 4.66. The van der Waals surface area contributed by atoms with Gasteiger partial charge in [-0.1, -0.05) is 129 Å². The van der Waals surface area contributed by atoms with Crippen LogP contribution in [0.5, 0.6) is 0 Å². The van der Waals surface area contributed by atoms with Crippen LogP contribution in [0.25, 0.3) is 0 Å². The number of aliphatic hydroxyl groups excluding tert-OH is 2. The first kappa shape index (κ1) is 55.9. The SMILES string of the molecule is CCCCCCCCCCCCO.CCCCCCCCCCCCO.CCC[CH2][Sn][CH2]CCC.CCC[CH2][Sn][CH2]CCC.O. The molecule has 0 aromatic heterocycles. The summed E-state index contributed by atoms with van der Waals surface area (Å²) < 4.78 is 6.50. The Bertz CT molecular complexity index is 332. The molecule has 0 bridgehead atoms. The van der Waals surface area contributed by atoms with Crippen molar-refractivity contribution < 1.29 is 15.7 Å². The quantitative estimate of drug-likeness (QED) is 0.0523. The van der Waals surface area contributed by atoms with E-state index in [1.54, 1.807) is 17.7 Å². The van der Waals surface area contributed by atoms with Gasteiger partial charge in [0, 0.05) is 13.2 Å². The van der Waals surface area contributed by atoms with Crippen molar-refractivity contribution in [3.05, 3.63) is 0 Å². The molecule has 0 heterocycles. The second kappa shape index (κ2) is 64.1. The van der Waals surface area contributed by atoms with E-state index in [-0.39, 0.29) is 47.8 Å². The summed E-state index contributed by atoms with van der Waals surface area (Å²) in [6.45, 7) is 14.4. The molecule has 4 radical (unpaired) electrons. The molecule has 4 N–H and O–H groups in total. The predicted octanol–water partition coefficient (Wildman–Crippen LogP) is 13.2. The molecule has 276 valence electrons. The maximum absolute atomic E-state index is 8.57. The van der Waals surface area contributed by atoms with Crippen molar-refractivity contribution in [1.82, 2.24) is 0 Å². The van der Waals surface area contributed by atoms with Crippen LogP contribution >= 0.6 is 0 Å². The molecule has 5 heteroatoms. The zero-order valence-corrected chi connectivity index (χ0v) is 38.1. The van der Waals surface area contributed by atoms with Gasteiger partial charge in [-0.3, -0.25) is 0 Å². The molecule has 0 amide bonds. The molecule has 0 spiro atoms. The number of hydrogen-bond donors (Lipinski definition) is 2. The van der Waals surface area contributed by atoms with Crippen molar-refractivity contribution in [2.45, 2.75) is 239 Å². The summed E-state index contributed by atoms with van der Waals surface area (Å²) in [5.41, 5.74) is 0. The van der Waals surface area contributed by atoms with Crippen molar-refractivity contribution in [1.29, 1.82) is 0 Å². The molecule has 0 aliphatic carbocycles. The van der Waals surface area contributed by atoms with E-state index >= 15 is 0 Å². The molecule has 0 saturated carbocycles. The predicted molar refractivity (Wildman–Crippen MR) is 212 cm³/mol. The van der Waals surface area contributed by atoms with Crippen molar-refractivity contribution in [3.8, 4) is 0 Å². The normalized spacial score (nSPS) is 10.1. The zero-order valence-electron chi connectivity index (χ0n) is 32.4. The summed E-state index contributed by atoms with van der Waals surface area (Å²) in [4.78, 5) is 0. The first-order valence-electron chi connectivity index (χ1n) is 20.3. The Kier molecular flexibility index (Phi) is 79.5. The van der Waals surface area contributed by atoms with E-state index in [4.69, 9.17) is 10.2 Å². The smallest absolute Gasteiger partial charge is 0.412 e. The molecule has 0 aliphatic rings. The van der Waals surface area contributed by atoms with Gasteiger partial charge in [0.1, 0.15) is 0 Å². The number of aliphatic hydroxyl groups is 2. The Morgan fingerprint density at radius 2 is 0.444 bits per heavy atom. The fourth-order valence-corrected chi connectivity index (χ4v) is 13.0. The van der Waals surface area contributed by atoms with Gasteiger partial charge in [-0.2, -0.15) is 0 Å². The summed E-state index contributed by atoms with van der Waals surface area (Å²) in [6.07, 6.45) is 38.3. The monoisotopic (exact) mass is 858 g/mol. The van der Waals surface area contributed by atoms with Crippen molar-refractivity contribution in [3.63, 3.8) is 0 Å². The maximum Gasteiger partial charge on any atom is -0.412 e. The summed E-state index contributed by atoms with van der Waals surface area (Å²) in [5, 5.41) is 17.1. The molecule has 0 fully saturated rings. The first-order chi connectivity index (χ1) is 21.7. The standard InChI is InChI=1S/2C12H26O.4C4H9.H2O.2Sn/c2*1-2-3-4-5-6-7-8-9-10-11-12-13;4*1-3-4-2;;;/h2*13H,2-12H2,1H3;4*1,3-4H2,2H3;1H2;;. The topological polar surface area (TPSA) is 72.0 Å². The summed E-state index contributed by atoms with van der Waals surface area (Å²) >= 11 is 0.299. The number of rotatable bonds is 32. The summed E-state index contributed by atoms with van der Waals surface area (Å²) in [6, 6.07) is 0. The van der Waals surface area contributed by atoms with Crippen LogP contribution in [0.2, 0.25) is 17.7 Å². The molecule has 0 aromatic rings. The Morgan fingerprint density at radius 1 is 0.267 bits per heavy atom. The van der Waals surface area contributed by atoms with E-state index in [0.29, 0.717) is 13.2 Å². The van der Waals surface area contributed by atoms with Crippen molar-refractivity contribution in [2.24, 2.45) is 0 Å². The van der Waals surface area contributed by atoms with Gasteiger partial charge < -0.3 is 15.7 Å². The van der Waals surface area contributed by atoms with Gasteiger partial charge in [-0.05, 0) is 12.8 Å². The van der Waals surface area contributed by atoms with E-state index in [1.807, 2.05) is 0 Å². The summed E-state index contributed by atoms with van der Waals surface area (Å²) in [7, 11) is 0. The molecule has 45 heavy (non-hydrogen) atoms. The number of hydrogen-bond acceptors (Lipinski definition) is 2. The largest absolute Gasteiger partial charge is 0.412 e. The van der Waals surface area contributed by atoms with Crippen LogP contribution < -0.4 is 0 Å². The van der Waals surface area contributed by atoms with Crippen molar-refractivity contribution in [2.75, 3.05) is 13.2 Å². The van der Waals surface area contributed by atoms with Crippen LogP contribution in [0.3, 0.4) is 0 Å². The third-order valence-corrected chi connectivity index (χ3v) is 15.9. The van der Waals surface area contributed by atoms with Crippen LogP contribution in [-0.2, 0) is 0 Å². The van der Waals surface area contributed by atoms with Crippen LogP contribution in [0.4, 0.5) is 0 Å². The van der Waals surface area contributed by atoms with Crippen molar-refractivity contribution >= 4 is 42.3 Å². The summed E-state index contributed by atoms with van der Waals surface area (Å²) in [5.74, 6) is 0. The first-order valence-corrected chi connectivity index (χ1v) is 28.4. The van der Waals surface area contributed by atoms with E-state index in [2.05, 4.69) is 41.5 Å². The molecule has 0 rings (SSSR count). The molecule has 0 aliphatic heterocycles. The fraction of sp³-hybridized carbons (Fsp3) is 1.00.